The highest BCUT2D eigenvalue weighted by molar-refractivity contribution is 6.15. The second-order valence-corrected chi connectivity index (χ2v) is 6.91. The molecule has 0 bridgehead atoms. The minimum Gasteiger partial charge on any atom is -0.256 e. The first kappa shape index (κ1) is 15.9. The van der Waals surface area contributed by atoms with Crippen LogP contribution >= 0.6 is 0 Å². The maximum atomic E-state index is 6.15. The third kappa shape index (κ3) is 3.58. The Morgan fingerprint density at radius 1 is 0.857 bits per heavy atom. The van der Waals surface area contributed by atoms with Crippen LogP contribution in [0.1, 0.15) is 44.4 Å². The molecule has 0 spiro atoms. The zero-order chi connectivity index (χ0) is 15.8. The van der Waals surface area contributed by atoms with Crippen LogP contribution in [0.3, 0.4) is 0 Å². The molecule has 2 aromatic rings. The number of aryl methyl sites for hydroxylation is 1. The van der Waals surface area contributed by atoms with Crippen LogP contribution in [0.25, 0.3) is 11.3 Å². The smallest absolute Gasteiger partial charge is 0.0803 e. The summed E-state index contributed by atoms with van der Waals surface area (Å²) >= 11 is 0. The quantitative estimate of drug-likeness (QED) is 0.773. The van der Waals surface area contributed by atoms with Gasteiger partial charge in [-0.2, -0.15) is 0 Å². The van der Waals surface area contributed by atoms with Crippen LogP contribution in [-0.2, 0) is 10.6 Å². The molecule has 0 saturated carbocycles. The maximum Gasteiger partial charge on any atom is 0.0803 e. The fourth-order valence-corrected chi connectivity index (χ4v) is 2.29. The highest BCUT2D eigenvalue weighted by Gasteiger charge is 2.16. The Balaban J connectivity index is 2.39. The molecule has 3 heteroatoms. The van der Waals surface area contributed by atoms with Gasteiger partial charge in [0.2, 0.25) is 0 Å². The van der Waals surface area contributed by atoms with Gasteiger partial charge in [-0.15, -0.1) is 0 Å². The highest BCUT2D eigenvalue weighted by Crippen LogP contribution is 2.28. The molecule has 21 heavy (non-hydrogen) atoms. The fraction of sp³-hybridized carbons (Fsp3) is 0.389. The molecular formula is C18H21B2N. The molecular weight excluding hydrogens is 252 g/mol. The number of rotatable bonds is 3. The zero-order valence-electron chi connectivity index (χ0n) is 13.6. The predicted molar refractivity (Wildman–Crippen MR) is 92.0 cm³/mol. The molecule has 104 valence electrons. The molecule has 0 unspecified atom stereocenters. The number of benzene rings is 1. The van der Waals surface area contributed by atoms with Crippen LogP contribution in [0.15, 0.2) is 36.5 Å². The van der Waals surface area contributed by atoms with Crippen molar-refractivity contribution in [2.24, 2.45) is 0 Å². The Morgan fingerprint density at radius 3 is 1.86 bits per heavy atom. The Hall–Kier alpha value is -1.50. The van der Waals surface area contributed by atoms with E-state index in [2.05, 4.69) is 30.1 Å². The van der Waals surface area contributed by atoms with E-state index in [9.17, 15) is 0 Å². The first-order chi connectivity index (χ1) is 9.59. The lowest BCUT2D eigenvalue weighted by Crippen LogP contribution is -2.17. The summed E-state index contributed by atoms with van der Waals surface area (Å²) in [5, 5.41) is -0.696. The van der Waals surface area contributed by atoms with E-state index in [0.717, 1.165) is 22.4 Å². The summed E-state index contributed by atoms with van der Waals surface area (Å²) in [4.78, 5) is 4.56. The van der Waals surface area contributed by atoms with Crippen molar-refractivity contribution in [3.05, 3.63) is 53.2 Å². The normalized spacial score (nSPS) is 12.4. The van der Waals surface area contributed by atoms with E-state index in [-0.39, 0.29) is 10.6 Å². The molecule has 0 atom stereocenters. The van der Waals surface area contributed by atoms with Gasteiger partial charge in [0.15, 0.2) is 0 Å². The zero-order valence-corrected chi connectivity index (χ0v) is 13.6. The molecule has 1 heterocycles. The summed E-state index contributed by atoms with van der Waals surface area (Å²) in [6, 6.07) is 10.4. The lowest BCUT2D eigenvalue weighted by atomic mass is 9.67. The number of pyridine rings is 1. The molecule has 0 aliphatic carbocycles. The van der Waals surface area contributed by atoms with Gasteiger partial charge in [0.1, 0.15) is 0 Å². The molecule has 0 N–H and O–H groups in total. The first-order valence-electron chi connectivity index (χ1n) is 7.25. The molecule has 0 aliphatic rings. The number of hydrogen-bond acceptors (Lipinski definition) is 1. The summed E-state index contributed by atoms with van der Waals surface area (Å²) in [5.41, 5.74) is 5.43. The van der Waals surface area contributed by atoms with Crippen LogP contribution in [-0.4, -0.2) is 20.7 Å². The molecule has 1 nitrogen and oxygen atoms in total. The maximum absolute atomic E-state index is 6.15. The molecule has 1 aromatic heterocycles. The lowest BCUT2D eigenvalue weighted by Gasteiger charge is -2.21. The van der Waals surface area contributed by atoms with Gasteiger partial charge < -0.3 is 0 Å². The highest BCUT2D eigenvalue weighted by atomic mass is 14.7. The standard InChI is InChI=1S/C18H21B2N/c1-12-10-13(17(2,3)19)6-8-15(12)16-9-7-14(11-21-16)18(4,5)20/h6-11H,1-5H3. The third-order valence-electron chi connectivity index (χ3n) is 3.75. The van der Waals surface area contributed by atoms with Gasteiger partial charge in [-0.1, -0.05) is 57.5 Å². The molecule has 0 aliphatic heterocycles. The van der Waals surface area contributed by atoms with Crippen molar-refractivity contribution in [1.29, 1.82) is 0 Å². The summed E-state index contributed by atoms with van der Waals surface area (Å²) in [5.74, 6) is 0. The van der Waals surface area contributed by atoms with E-state index >= 15 is 0 Å². The number of nitrogens with zero attached hydrogens (tertiary/aromatic N) is 1. The van der Waals surface area contributed by atoms with Gasteiger partial charge in [0.25, 0.3) is 0 Å². The van der Waals surface area contributed by atoms with Crippen molar-refractivity contribution < 1.29 is 0 Å². The van der Waals surface area contributed by atoms with Crippen molar-refractivity contribution in [2.45, 2.75) is 45.2 Å². The molecule has 1 aromatic carbocycles. The average molecular weight is 273 g/mol. The second-order valence-electron chi connectivity index (χ2n) is 6.91. The minimum absolute atomic E-state index is 0.329. The average Bonchev–Trinajstić information content (AvgIpc) is 2.36. The Labute approximate surface area is 131 Å². The van der Waals surface area contributed by atoms with Gasteiger partial charge in [0.05, 0.1) is 21.4 Å². The van der Waals surface area contributed by atoms with Crippen molar-refractivity contribution >= 4 is 15.7 Å². The van der Waals surface area contributed by atoms with Crippen molar-refractivity contribution in [2.75, 3.05) is 0 Å². The Bertz CT molecular complexity index is 632. The molecule has 0 fully saturated rings. The van der Waals surface area contributed by atoms with Crippen LogP contribution in [0.4, 0.5) is 0 Å². The summed E-state index contributed by atoms with van der Waals surface area (Å²) in [6.07, 6.45) is 1.86. The SMILES string of the molecule is [B]C(C)(C)c1ccc(-c2ccc(C([B])(C)C)cc2C)nc1. The van der Waals surface area contributed by atoms with Crippen LogP contribution < -0.4 is 0 Å². The van der Waals surface area contributed by atoms with Crippen LogP contribution in [0, 0.1) is 6.92 Å². The van der Waals surface area contributed by atoms with Gasteiger partial charge >= 0.3 is 0 Å². The second kappa shape index (κ2) is 5.36. The van der Waals surface area contributed by atoms with Crippen molar-refractivity contribution in [1.82, 2.24) is 4.98 Å². The Kier molecular flexibility index (Phi) is 4.06. The summed E-state index contributed by atoms with van der Waals surface area (Å²) < 4.78 is 0. The van der Waals surface area contributed by atoms with Crippen molar-refractivity contribution in [3.8, 4) is 11.3 Å². The Morgan fingerprint density at radius 2 is 1.43 bits per heavy atom. The predicted octanol–water partition coefficient (Wildman–Crippen LogP) is 3.86. The molecule has 4 radical (unpaired) electrons. The van der Waals surface area contributed by atoms with Gasteiger partial charge in [-0.05, 0) is 34.7 Å². The summed E-state index contributed by atoms with van der Waals surface area (Å²) in [6.45, 7) is 10.1. The number of hydrogen-bond donors (Lipinski definition) is 0. The largest absolute Gasteiger partial charge is 0.256 e. The van der Waals surface area contributed by atoms with Gasteiger partial charge in [-0.25, -0.2) is 0 Å². The van der Waals surface area contributed by atoms with E-state index < -0.39 is 0 Å². The van der Waals surface area contributed by atoms with E-state index in [1.807, 2.05) is 46.0 Å². The van der Waals surface area contributed by atoms with Gasteiger partial charge in [-0.3, -0.25) is 4.98 Å². The van der Waals surface area contributed by atoms with Crippen LogP contribution in [0.2, 0.25) is 0 Å². The number of aromatic nitrogens is 1. The van der Waals surface area contributed by atoms with E-state index in [4.69, 9.17) is 15.7 Å². The first-order valence-corrected chi connectivity index (χ1v) is 7.25. The fourth-order valence-electron chi connectivity index (χ4n) is 2.29. The van der Waals surface area contributed by atoms with E-state index in [1.54, 1.807) is 0 Å². The topological polar surface area (TPSA) is 12.9 Å². The minimum atomic E-state index is -0.367. The molecule has 0 amide bonds. The summed E-state index contributed by atoms with van der Waals surface area (Å²) in [7, 11) is 12.2. The van der Waals surface area contributed by atoms with Crippen LogP contribution in [0.5, 0.6) is 0 Å². The van der Waals surface area contributed by atoms with Crippen molar-refractivity contribution in [3.63, 3.8) is 0 Å². The van der Waals surface area contributed by atoms with Gasteiger partial charge in [0, 0.05) is 11.8 Å². The lowest BCUT2D eigenvalue weighted by molar-refractivity contribution is 0.758. The van der Waals surface area contributed by atoms with E-state index in [1.165, 1.54) is 5.56 Å². The third-order valence-corrected chi connectivity index (χ3v) is 3.75. The molecule has 2 rings (SSSR count). The monoisotopic (exact) mass is 273 g/mol. The molecule has 0 saturated heterocycles. The van der Waals surface area contributed by atoms with E-state index in [0.29, 0.717) is 0 Å².